The smallest absolute Gasteiger partial charge is 0.357 e. The van der Waals surface area contributed by atoms with E-state index in [0.717, 1.165) is 46.3 Å². The van der Waals surface area contributed by atoms with Crippen LogP contribution in [0.25, 0.3) is 10.2 Å². The summed E-state index contributed by atoms with van der Waals surface area (Å²) in [6.45, 7) is 7.13. The minimum atomic E-state index is -0.353. The van der Waals surface area contributed by atoms with E-state index in [4.69, 9.17) is 9.72 Å². The van der Waals surface area contributed by atoms with E-state index < -0.39 is 0 Å². The van der Waals surface area contributed by atoms with Crippen molar-refractivity contribution in [2.45, 2.75) is 39.7 Å². The Balaban J connectivity index is 1.72. The first-order chi connectivity index (χ1) is 12.6. The summed E-state index contributed by atoms with van der Waals surface area (Å²) >= 11 is 3.18. The summed E-state index contributed by atoms with van der Waals surface area (Å²) in [7, 11) is 0. The minimum Gasteiger partial charge on any atom is -0.461 e. The number of nitrogens with zero attached hydrogens (tertiary/aromatic N) is 4. The second kappa shape index (κ2) is 6.92. The number of rotatable bonds is 4. The van der Waals surface area contributed by atoms with E-state index in [-0.39, 0.29) is 12.0 Å². The van der Waals surface area contributed by atoms with Crippen molar-refractivity contribution < 1.29 is 9.53 Å². The van der Waals surface area contributed by atoms with Gasteiger partial charge in [-0.15, -0.1) is 22.7 Å². The average Bonchev–Trinajstić information content (AvgIpc) is 3.33. The van der Waals surface area contributed by atoms with Crippen molar-refractivity contribution in [3.63, 3.8) is 0 Å². The summed E-state index contributed by atoms with van der Waals surface area (Å²) < 4.78 is 5.07. The fourth-order valence-corrected chi connectivity index (χ4v) is 5.29. The summed E-state index contributed by atoms with van der Waals surface area (Å²) in [6, 6.07) is 0.139. The van der Waals surface area contributed by atoms with Crippen LogP contribution in [-0.2, 0) is 4.74 Å². The molecule has 26 heavy (non-hydrogen) atoms. The third-order valence-corrected chi connectivity index (χ3v) is 6.46. The standard InChI is InChI=1S/C18H20N4O2S2/c1-4-24-18(23)12-9-26-16(21-12)13-6-5-7-22(13)15-14-10(2)8-25-17(14)20-11(3)19-15/h8-9,13H,4-7H2,1-3H3. The van der Waals surface area contributed by atoms with Crippen LogP contribution in [0, 0.1) is 13.8 Å². The van der Waals surface area contributed by atoms with E-state index in [0.29, 0.717) is 12.3 Å². The molecule has 1 saturated heterocycles. The molecule has 3 aromatic heterocycles. The zero-order valence-corrected chi connectivity index (χ0v) is 16.6. The minimum absolute atomic E-state index is 0.139. The Kier molecular flexibility index (Phi) is 4.62. The summed E-state index contributed by atoms with van der Waals surface area (Å²) in [5.74, 6) is 1.42. The molecule has 1 aliphatic heterocycles. The number of aryl methyl sites for hydroxylation is 2. The van der Waals surface area contributed by atoms with E-state index >= 15 is 0 Å². The average molecular weight is 389 g/mol. The highest BCUT2D eigenvalue weighted by Crippen LogP contribution is 2.41. The zero-order valence-electron chi connectivity index (χ0n) is 15.0. The lowest BCUT2D eigenvalue weighted by molar-refractivity contribution is 0.0520. The molecule has 1 fully saturated rings. The number of thiazole rings is 1. The quantitative estimate of drug-likeness (QED) is 0.621. The monoisotopic (exact) mass is 388 g/mol. The second-order valence-electron chi connectivity index (χ2n) is 6.34. The van der Waals surface area contributed by atoms with Crippen LogP contribution in [0.2, 0.25) is 0 Å². The van der Waals surface area contributed by atoms with Gasteiger partial charge in [-0.25, -0.2) is 19.7 Å². The third-order valence-electron chi connectivity index (χ3n) is 4.53. The summed E-state index contributed by atoms with van der Waals surface area (Å²) in [5, 5.41) is 6.01. The predicted molar refractivity (Wildman–Crippen MR) is 104 cm³/mol. The Morgan fingerprint density at radius 2 is 2.12 bits per heavy atom. The van der Waals surface area contributed by atoms with Crippen LogP contribution in [0.3, 0.4) is 0 Å². The number of esters is 1. The first-order valence-electron chi connectivity index (χ1n) is 8.70. The van der Waals surface area contributed by atoms with E-state index in [9.17, 15) is 4.79 Å². The molecule has 0 amide bonds. The molecule has 1 unspecified atom stereocenters. The van der Waals surface area contributed by atoms with Gasteiger partial charge in [-0.2, -0.15) is 0 Å². The second-order valence-corrected chi connectivity index (χ2v) is 8.08. The van der Waals surface area contributed by atoms with E-state index in [2.05, 4.69) is 27.2 Å². The van der Waals surface area contributed by atoms with Crippen molar-refractivity contribution in [1.82, 2.24) is 15.0 Å². The molecule has 0 spiro atoms. The van der Waals surface area contributed by atoms with Crippen LogP contribution in [0.15, 0.2) is 10.8 Å². The molecule has 136 valence electrons. The lowest BCUT2D eigenvalue weighted by Gasteiger charge is -2.25. The van der Waals surface area contributed by atoms with Crippen LogP contribution in [0.5, 0.6) is 0 Å². The molecule has 4 heterocycles. The number of fused-ring (bicyclic) bond motifs is 1. The first-order valence-corrected chi connectivity index (χ1v) is 10.5. The van der Waals surface area contributed by atoms with Gasteiger partial charge in [0.15, 0.2) is 5.69 Å². The van der Waals surface area contributed by atoms with Crippen LogP contribution < -0.4 is 4.90 Å². The van der Waals surface area contributed by atoms with E-state index in [1.165, 1.54) is 16.9 Å². The number of thiophene rings is 1. The molecule has 0 bridgehead atoms. The number of carbonyl (C=O) groups excluding carboxylic acids is 1. The molecule has 3 aromatic rings. The molecular weight excluding hydrogens is 368 g/mol. The Hall–Kier alpha value is -2.06. The number of anilines is 1. The van der Waals surface area contributed by atoms with Gasteiger partial charge in [-0.3, -0.25) is 0 Å². The summed E-state index contributed by atoms with van der Waals surface area (Å²) in [6.07, 6.45) is 2.08. The largest absolute Gasteiger partial charge is 0.461 e. The number of ether oxygens (including phenoxy) is 1. The highest BCUT2D eigenvalue weighted by molar-refractivity contribution is 7.17. The molecular formula is C18H20N4O2S2. The van der Waals surface area contributed by atoms with Crippen LogP contribution in [-0.4, -0.2) is 34.1 Å². The van der Waals surface area contributed by atoms with Crippen molar-refractivity contribution in [3.8, 4) is 0 Å². The molecule has 1 atom stereocenters. The highest BCUT2D eigenvalue weighted by atomic mass is 32.1. The summed E-state index contributed by atoms with van der Waals surface area (Å²) in [4.78, 5) is 29.2. The van der Waals surface area contributed by atoms with Crippen molar-refractivity contribution in [2.75, 3.05) is 18.1 Å². The van der Waals surface area contributed by atoms with Gasteiger partial charge in [-0.05, 0) is 44.6 Å². The van der Waals surface area contributed by atoms with Crippen LogP contribution >= 0.6 is 22.7 Å². The van der Waals surface area contributed by atoms with Crippen molar-refractivity contribution in [1.29, 1.82) is 0 Å². The Morgan fingerprint density at radius 3 is 2.92 bits per heavy atom. The SMILES string of the molecule is CCOC(=O)c1csc(C2CCCN2c2nc(C)nc3scc(C)c23)n1. The van der Waals surface area contributed by atoms with Crippen molar-refractivity contribution in [2.24, 2.45) is 0 Å². The van der Waals surface area contributed by atoms with Gasteiger partial charge in [0.2, 0.25) is 0 Å². The molecule has 0 aliphatic carbocycles. The molecule has 0 aromatic carbocycles. The molecule has 8 heteroatoms. The summed E-state index contributed by atoms with van der Waals surface area (Å²) in [5.41, 5.74) is 1.60. The fourth-order valence-electron chi connectivity index (χ4n) is 3.39. The lowest BCUT2D eigenvalue weighted by Crippen LogP contribution is -2.24. The predicted octanol–water partition coefficient (Wildman–Crippen LogP) is 4.28. The molecule has 0 radical (unpaired) electrons. The third kappa shape index (κ3) is 2.97. The normalized spacial score (nSPS) is 17.2. The zero-order chi connectivity index (χ0) is 18.3. The van der Waals surface area contributed by atoms with Gasteiger partial charge in [-0.1, -0.05) is 0 Å². The van der Waals surface area contributed by atoms with E-state index in [1.54, 1.807) is 23.6 Å². The number of aromatic nitrogens is 3. The van der Waals surface area contributed by atoms with Crippen molar-refractivity contribution in [3.05, 3.63) is 32.8 Å². The molecule has 1 aliphatic rings. The maximum Gasteiger partial charge on any atom is 0.357 e. The highest BCUT2D eigenvalue weighted by Gasteiger charge is 2.32. The molecule has 0 saturated carbocycles. The Bertz CT molecular complexity index is 965. The lowest BCUT2D eigenvalue weighted by atomic mass is 10.2. The van der Waals surface area contributed by atoms with Gasteiger partial charge in [0.05, 0.1) is 18.0 Å². The van der Waals surface area contributed by atoms with Gasteiger partial charge in [0.1, 0.15) is 21.5 Å². The number of hydrogen-bond donors (Lipinski definition) is 0. The topological polar surface area (TPSA) is 68.2 Å². The Labute approximate surface area is 159 Å². The number of hydrogen-bond acceptors (Lipinski definition) is 8. The Morgan fingerprint density at radius 1 is 1.27 bits per heavy atom. The fraction of sp³-hybridized carbons (Fsp3) is 0.444. The molecule has 4 rings (SSSR count). The first kappa shape index (κ1) is 17.4. The maximum absolute atomic E-state index is 11.9. The van der Waals surface area contributed by atoms with Crippen LogP contribution in [0.1, 0.15) is 52.7 Å². The van der Waals surface area contributed by atoms with Crippen LogP contribution in [0.4, 0.5) is 5.82 Å². The molecule has 6 nitrogen and oxygen atoms in total. The molecule has 0 N–H and O–H groups in total. The van der Waals surface area contributed by atoms with Crippen molar-refractivity contribution >= 4 is 44.7 Å². The maximum atomic E-state index is 11.9. The van der Waals surface area contributed by atoms with Gasteiger partial charge in [0, 0.05) is 11.9 Å². The van der Waals surface area contributed by atoms with Gasteiger partial charge in [0.25, 0.3) is 0 Å². The van der Waals surface area contributed by atoms with Gasteiger partial charge >= 0.3 is 5.97 Å². The van der Waals surface area contributed by atoms with Gasteiger partial charge < -0.3 is 9.64 Å². The number of carbonyl (C=O) groups is 1. The van der Waals surface area contributed by atoms with E-state index in [1.807, 2.05) is 6.92 Å².